The number of nitrogens with zero attached hydrogens (tertiary/aromatic N) is 2. The summed E-state index contributed by atoms with van der Waals surface area (Å²) < 4.78 is 0. The maximum atomic E-state index is 2.64. The molecule has 1 heterocycles. The molecule has 0 bridgehead atoms. The van der Waals surface area contributed by atoms with Crippen LogP contribution < -0.4 is 4.90 Å². The Balaban J connectivity index is 0.986. The van der Waals surface area contributed by atoms with E-state index >= 15 is 0 Å². The van der Waals surface area contributed by atoms with E-state index in [0.29, 0.717) is 17.9 Å². The fraction of sp³-hybridized carbons (Fsp3) is 0.255. The summed E-state index contributed by atoms with van der Waals surface area (Å²) in [6, 6.07) is 30.1. The first-order valence-electron chi connectivity index (χ1n) is 19.8. The van der Waals surface area contributed by atoms with Crippen LogP contribution in [0.2, 0.25) is 0 Å². The Morgan fingerprint density at radius 2 is 1.55 bits per heavy atom. The number of anilines is 1. The molecule has 0 saturated carbocycles. The molecular weight excluding hydrogens is 641 g/mol. The summed E-state index contributed by atoms with van der Waals surface area (Å²) in [5.41, 5.74) is 16.9. The lowest BCUT2D eigenvalue weighted by molar-refractivity contribution is 0.363. The molecule has 4 unspecified atom stereocenters. The van der Waals surface area contributed by atoms with E-state index in [1.54, 1.807) is 5.57 Å². The highest BCUT2D eigenvalue weighted by Crippen LogP contribution is 2.54. The second kappa shape index (κ2) is 13.0. The standard InChI is InChI=1S/C51H48N2/c1-51(2)47-19-11-9-17-43(47)44-31-30-42(34-48(44)51)52(40-26-21-36(22-27-40)35-13-5-3-6-14-35)41-28-23-37(24-29-41)38-25-32-50-46(33-38)45-18-10-12-20-49(45)53(50)39-15-7-4-8-16-39/h3,5-7,9-24,26,28-30,33-34,40,44-45,49H,4,8,25,27,31-32H2,1-2H3. The van der Waals surface area contributed by atoms with Crippen molar-refractivity contribution < 1.29 is 0 Å². The molecule has 1 aliphatic heterocycles. The molecule has 6 aliphatic carbocycles. The topological polar surface area (TPSA) is 6.48 Å². The molecule has 3 aromatic rings. The zero-order chi connectivity index (χ0) is 35.5. The van der Waals surface area contributed by atoms with Gasteiger partial charge in [0.1, 0.15) is 0 Å². The Morgan fingerprint density at radius 1 is 0.717 bits per heavy atom. The third kappa shape index (κ3) is 5.45. The molecule has 0 saturated heterocycles. The highest BCUT2D eigenvalue weighted by molar-refractivity contribution is 5.77. The van der Waals surface area contributed by atoms with E-state index in [2.05, 4.69) is 181 Å². The molecule has 0 radical (unpaired) electrons. The Kier molecular flexibility index (Phi) is 7.90. The molecule has 7 aliphatic rings. The molecule has 0 aromatic heterocycles. The third-order valence-corrected chi connectivity index (χ3v) is 12.9. The molecule has 0 spiro atoms. The van der Waals surface area contributed by atoms with E-state index in [1.807, 2.05) is 0 Å². The van der Waals surface area contributed by atoms with Gasteiger partial charge in [0, 0.05) is 40.0 Å². The molecule has 53 heavy (non-hydrogen) atoms. The van der Waals surface area contributed by atoms with Gasteiger partial charge in [-0.25, -0.2) is 0 Å². The fourth-order valence-corrected chi connectivity index (χ4v) is 10.2. The Bertz CT molecular complexity index is 2280. The quantitative estimate of drug-likeness (QED) is 0.254. The van der Waals surface area contributed by atoms with E-state index in [4.69, 9.17) is 0 Å². The van der Waals surface area contributed by atoms with E-state index in [-0.39, 0.29) is 11.5 Å². The van der Waals surface area contributed by atoms with E-state index in [1.165, 1.54) is 61.8 Å². The molecule has 0 fully saturated rings. The summed E-state index contributed by atoms with van der Waals surface area (Å²) in [7, 11) is 0. The summed E-state index contributed by atoms with van der Waals surface area (Å²) in [5.74, 6) is 0.869. The van der Waals surface area contributed by atoms with Crippen molar-refractivity contribution in [3.8, 4) is 0 Å². The van der Waals surface area contributed by atoms with Crippen LogP contribution in [-0.4, -0.2) is 17.0 Å². The molecule has 0 N–H and O–H groups in total. The van der Waals surface area contributed by atoms with Gasteiger partial charge in [-0.1, -0.05) is 153 Å². The minimum Gasteiger partial charge on any atom is -0.337 e. The van der Waals surface area contributed by atoms with Crippen molar-refractivity contribution in [1.82, 2.24) is 4.90 Å². The highest BCUT2D eigenvalue weighted by Gasteiger charge is 2.43. The molecular formula is C51H48N2. The lowest BCUT2D eigenvalue weighted by Gasteiger charge is -2.37. The van der Waals surface area contributed by atoms with Crippen molar-refractivity contribution in [3.63, 3.8) is 0 Å². The van der Waals surface area contributed by atoms with Gasteiger partial charge in [-0.05, 0) is 102 Å². The van der Waals surface area contributed by atoms with Gasteiger partial charge >= 0.3 is 0 Å². The molecule has 0 amide bonds. The summed E-state index contributed by atoms with van der Waals surface area (Å²) in [4.78, 5) is 5.25. The fourth-order valence-electron chi connectivity index (χ4n) is 10.2. The van der Waals surface area contributed by atoms with Crippen molar-refractivity contribution in [2.24, 2.45) is 5.92 Å². The van der Waals surface area contributed by atoms with Crippen LogP contribution in [0.4, 0.5) is 5.69 Å². The molecule has 262 valence electrons. The second-order valence-electron chi connectivity index (χ2n) is 16.2. The Hall–Kier alpha value is -5.34. The molecule has 2 nitrogen and oxygen atoms in total. The molecule has 4 atom stereocenters. The number of hydrogen-bond donors (Lipinski definition) is 0. The predicted octanol–water partition coefficient (Wildman–Crippen LogP) is 12.3. The maximum Gasteiger partial charge on any atom is 0.0626 e. The smallest absolute Gasteiger partial charge is 0.0626 e. The van der Waals surface area contributed by atoms with Crippen LogP contribution >= 0.6 is 0 Å². The van der Waals surface area contributed by atoms with Crippen LogP contribution in [-0.2, 0) is 5.41 Å². The maximum absolute atomic E-state index is 2.64. The predicted molar refractivity (Wildman–Crippen MR) is 222 cm³/mol. The van der Waals surface area contributed by atoms with Crippen LogP contribution in [0.5, 0.6) is 0 Å². The highest BCUT2D eigenvalue weighted by atomic mass is 15.2. The van der Waals surface area contributed by atoms with Gasteiger partial charge in [0.15, 0.2) is 0 Å². The van der Waals surface area contributed by atoms with Crippen molar-refractivity contribution in [2.45, 2.75) is 75.8 Å². The minimum atomic E-state index is 0.0159. The monoisotopic (exact) mass is 688 g/mol. The lowest BCUT2D eigenvalue weighted by atomic mass is 9.78. The van der Waals surface area contributed by atoms with Crippen LogP contribution in [0.1, 0.15) is 80.5 Å². The molecule has 10 rings (SSSR count). The van der Waals surface area contributed by atoms with Gasteiger partial charge < -0.3 is 9.80 Å². The van der Waals surface area contributed by atoms with Crippen molar-refractivity contribution in [1.29, 1.82) is 0 Å². The molecule has 3 aromatic carbocycles. The first-order chi connectivity index (χ1) is 26.0. The van der Waals surface area contributed by atoms with Crippen LogP contribution in [0.25, 0.3) is 11.1 Å². The summed E-state index contributed by atoms with van der Waals surface area (Å²) in [6.07, 6.45) is 37.6. The van der Waals surface area contributed by atoms with Crippen molar-refractivity contribution in [2.75, 3.05) is 4.90 Å². The average Bonchev–Trinajstić information content (AvgIpc) is 3.67. The SMILES string of the molecule is CC1(C)C2=CC(N(c3ccc(C4=CC5=C(CC4)N(C4=CCCC=C4)C4C=CC=CC54)cc3)C3C=CC(c4ccccc4)=CC3)=CCC2c2ccccc21. The number of hydrogen-bond acceptors (Lipinski definition) is 2. The number of allylic oxidation sites excluding steroid dienone is 13. The summed E-state index contributed by atoms with van der Waals surface area (Å²) in [6.45, 7) is 4.84. The van der Waals surface area contributed by atoms with Crippen LogP contribution in [0.3, 0.4) is 0 Å². The van der Waals surface area contributed by atoms with Gasteiger partial charge in [-0.3, -0.25) is 0 Å². The summed E-state index contributed by atoms with van der Waals surface area (Å²) >= 11 is 0. The number of fused-ring (bicyclic) bond motifs is 5. The average molecular weight is 689 g/mol. The number of rotatable bonds is 6. The van der Waals surface area contributed by atoms with Gasteiger partial charge in [0.25, 0.3) is 0 Å². The van der Waals surface area contributed by atoms with Gasteiger partial charge in [0.05, 0.1) is 12.1 Å². The van der Waals surface area contributed by atoms with Crippen LogP contribution in [0.15, 0.2) is 186 Å². The third-order valence-electron chi connectivity index (χ3n) is 12.9. The van der Waals surface area contributed by atoms with Crippen molar-refractivity contribution >= 4 is 16.8 Å². The van der Waals surface area contributed by atoms with E-state index in [9.17, 15) is 0 Å². The largest absolute Gasteiger partial charge is 0.337 e. The molecule has 2 heteroatoms. The first-order valence-corrected chi connectivity index (χ1v) is 19.8. The Morgan fingerprint density at radius 3 is 2.36 bits per heavy atom. The number of benzene rings is 3. The van der Waals surface area contributed by atoms with Gasteiger partial charge in [-0.2, -0.15) is 0 Å². The first kappa shape index (κ1) is 32.3. The minimum absolute atomic E-state index is 0.0159. The Labute approximate surface area is 315 Å². The second-order valence-corrected chi connectivity index (χ2v) is 16.2. The van der Waals surface area contributed by atoms with Gasteiger partial charge in [0.2, 0.25) is 0 Å². The van der Waals surface area contributed by atoms with Crippen molar-refractivity contribution in [3.05, 3.63) is 208 Å². The van der Waals surface area contributed by atoms with Crippen LogP contribution in [0, 0.1) is 5.92 Å². The zero-order valence-corrected chi connectivity index (χ0v) is 31.0. The lowest BCUT2D eigenvalue weighted by Crippen LogP contribution is -2.34. The summed E-state index contributed by atoms with van der Waals surface area (Å²) in [5, 5.41) is 0. The van der Waals surface area contributed by atoms with Gasteiger partial charge in [-0.15, -0.1) is 0 Å². The van der Waals surface area contributed by atoms with E-state index in [0.717, 1.165) is 38.5 Å². The van der Waals surface area contributed by atoms with E-state index < -0.39 is 0 Å². The zero-order valence-electron chi connectivity index (χ0n) is 31.0. The normalized spacial score (nSPS) is 26.2.